The van der Waals surface area contributed by atoms with Crippen LogP contribution in [-0.2, 0) is 9.47 Å². The fraction of sp³-hybridized carbons (Fsp3) is 1.00. The second-order valence-corrected chi connectivity index (χ2v) is 5.09. The summed E-state index contributed by atoms with van der Waals surface area (Å²) in [7, 11) is 0. The molecule has 2 N–H and O–H groups in total. The molecule has 2 aliphatic heterocycles. The van der Waals surface area contributed by atoms with E-state index in [4.69, 9.17) is 15.2 Å². The summed E-state index contributed by atoms with van der Waals surface area (Å²) in [6.07, 6.45) is 2.49. The van der Waals surface area contributed by atoms with Gasteiger partial charge in [-0.05, 0) is 19.8 Å². The molecule has 2 rings (SSSR count). The zero-order chi connectivity index (χ0) is 11.6. The molecule has 0 aliphatic carbocycles. The minimum atomic E-state index is 0.0682. The summed E-state index contributed by atoms with van der Waals surface area (Å²) in [6.45, 7) is 8.50. The summed E-state index contributed by atoms with van der Waals surface area (Å²) < 4.78 is 11.3. The van der Waals surface area contributed by atoms with E-state index >= 15 is 0 Å². The number of hydrogen-bond donors (Lipinski definition) is 1. The first-order chi connectivity index (χ1) is 7.72. The molecule has 0 bridgehead atoms. The van der Waals surface area contributed by atoms with Crippen LogP contribution >= 0.6 is 0 Å². The maximum atomic E-state index is 6.00. The van der Waals surface area contributed by atoms with Crippen molar-refractivity contribution >= 4 is 0 Å². The Kier molecular flexibility index (Phi) is 3.85. The third kappa shape index (κ3) is 2.12. The molecule has 0 spiro atoms. The van der Waals surface area contributed by atoms with Crippen LogP contribution < -0.4 is 5.73 Å². The lowest BCUT2D eigenvalue weighted by Gasteiger charge is -2.48. The van der Waals surface area contributed by atoms with Gasteiger partial charge >= 0.3 is 0 Å². The molecular weight excluding hydrogens is 204 g/mol. The molecule has 0 aromatic carbocycles. The summed E-state index contributed by atoms with van der Waals surface area (Å²) in [5.74, 6) is 0. The molecule has 94 valence electrons. The third-order valence-corrected chi connectivity index (χ3v) is 4.01. The molecular formula is C12H24N2O2. The second-order valence-electron chi connectivity index (χ2n) is 5.09. The number of morpholine rings is 1. The lowest BCUT2D eigenvalue weighted by molar-refractivity contribution is -0.0993. The minimum Gasteiger partial charge on any atom is -0.379 e. The molecule has 3 atom stereocenters. The molecule has 16 heavy (non-hydrogen) atoms. The topological polar surface area (TPSA) is 47.7 Å². The van der Waals surface area contributed by atoms with E-state index < -0.39 is 0 Å². The third-order valence-electron chi connectivity index (χ3n) is 4.01. The molecule has 0 aromatic heterocycles. The maximum Gasteiger partial charge on any atom is 0.0675 e. The average molecular weight is 228 g/mol. The Morgan fingerprint density at radius 2 is 2.31 bits per heavy atom. The first-order valence-electron chi connectivity index (χ1n) is 6.38. The van der Waals surface area contributed by atoms with Gasteiger partial charge in [-0.3, -0.25) is 4.90 Å². The van der Waals surface area contributed by atoms with E-state index in [-0.39, 0.29) is 5.54 Å². The predicted octanol–water partition coefficient (Wildman–Crippen LogP) is 0.604. The zero-order valence-electron chi connectivity index (χ0n) is 10.4. The van der Waals surface area contributed by atoms with Gasteiger partial charge in [0.1, 0.15) is 0 Å². The predicted molar refractivity (Wildman–Crippen MR) is 63.4 cm³/mol. The lowest BCUT2D eigenvalue weighted by atomic mass is 9.92. The van der Waals surface area contributed by atoms with E-state index in [1.165, 1.54) is 0 Å². The minimum absolute atomic E-state index is 0.0682. The van der Waals surface area contributed by atoms with Crippen molar-refractivity contribution < 1.29 is 9.47 Å². The van der Waals surface area contributed by atoms with Gasteiger partial charge in [0.15, 0.2) is 0 Å². The standard InChI is InChI=1S/C12H24N2O2/c1-3-11-7-16-10(2)6-14(11)12(8-13)4-5-15-9-12/h10-11H,3-9,13H2,1-2H3. The van der Waals surface area contributed by atoms with Crippen LogP contribution in [0.25, 0.3) is 0 Å². The number of rotatable bonds is 3. The van der Waals surface area contributed by atoms with Gasteiger partial charge in [0.2, 0.25) is 0 Å². The highest BCUT2D eigenvalue weighted by Crippen LogP contribution is 2.30. The molecule has 2 aliphatic rings. The second kappa shape index (κ2) is 5.00. The van der Waals surface area contributed by atoms with Crippen LogP contribution in [0.3, 0.4) is 0 Å². The molecule has 2 fully saturated rings. The summed E-state index contributed by atoms with van der Waals surface area (Å²) in [5.41, 5.74) is 6.07. The average Bonchev–Trinajstić information content (AvgIpc) is 2.78. The molecule has 2 heterocycles. The van der Waals surface area contributed by atoms with Gasteiger partial charge in [0.05, 0.1) is 24.9 Å². The van der Waals surface area contributed by atoms with Crippen molar-refractivity contribution in [3.05, 3.63) is 0 Å². The molecule has 4 heteroatoms. The molecule has 0 saturated carbocycles. The fourth-order valence-corrected chi connectivity index (χ4v) is 2.86. The number of nitrogens with zero attached hydrogens (tertiary/aromatic N) is 1. The van der Waals surface area contributed by atoms with Crippen LogP contribution in [-0.4, -0.2) is 55.5 Å². The van der Waals surface area contributed by atoms with Crippen LogP contribution in [0.15, 0.2) is 0 Å². The van der Waals surface area contributed by atoms with E-state index in [1.54, 1.807) is 0 Å². The largest absolute Gasteiger partial charge is 0.379 e. The Labute approximate surface area is 98.1 Å². The van der Waals surface area contributed by atoms with Gasteiger partial charge in [-0.15, -0.1) is 0 Å². The number of nitrogens with two attached hydrogens (primary N) is 1. The van der Waals surface area contributed by atoms with Gasteiger partial charge < -0.3 is 15.2 Å². The highest BCUT2D eigenvalue weighted by Gasteiger charge is 2.44. The van der Waals surface area contributed by atoms with Crippen molar-refractivity contribution in [2.24, 2.45) is 5.73 Å². The van der Waals surface area contributed by atoms with E-state index in [2.05, 4.69) is 18.7 Å². The Morgan fingerprint density at radius 1 is 1.50 bits per heavy atom. The fourth-order valence-electron chi connectivity index (χ4n) is 2.86. The van der Waals surface area contributed by atoms with E-state index in [1.807, 2.05) is 0 Å². The first-order valence-corrected chi connectivity index (χ1v) is 6.38. The van der Waals surface area contributed by atoms with Crippen molar-refractivity contribution in [3.8, 4) is 0 Å². The summed E-state index contributed by atoms with van der Waals surface area (Å²) in [4.78, 5) is 2.55. The van der Waals surface area contributed by atoms with Crippen molar-refractivity contribution in [3.63, 3.8) is 0 Å². The van der Waals surface area contributed by atoms with Crippen LogP contribution in [0.1, 0.15) is 26.7 Å². The summed E-state index contributed by atoms with van der Waals surface area (Å²) in [5, 5.41) is 0. The Morgan fingerprint density at radius 3 is 2.88 bits per heavy atom. The van der Waals surface area contributed by atoms with E-state index in [0.717, 1.165) is 39.2 Å². The number of ether oxygens (including phenoxy) is 2. The lowest BCUT2D eigenvalue weighted by Crippen LogP contribution is -2.63. The van der Waals surface area contributed by atoms with E-state index in [9.17, 15) is 0 Å². The van der Waals surface area contributed by atoms with Gasteiger partial charge in [-0.1, -0.05) is 6.92 Å². The molecule has 0 amide bonds. The van der Waals surface area contributed by atoms with Crippen molar-refractivity contribution in [2.45, 2.75) is 44.4 Å². The van der Waals surface area contributed by atoms with Crippen LogP contribution in [0.2, 0.25) is 0 Å². The smallest absolute Gasteiger partial charge is 0.0675 e. The van der Waals surface area contributed by atoms with E-state index in [0.29, 0.717) is 18.7 Å². The van der Waals surface area contributed by atoms with Gasteiger partial charge in [-0.2, -0.15) is 0 Å². The summed E-state index contributed by atoms with van der Waals surface area (Å²) >= 11 is 0. The Balaban J connectivity index is 2.13. The maximum absolute atomic E-state index is 6.00. The van der Waals surface area contributed by atoms with Gasteiger partial charge in [0.25, 0.3) is 0 Å². The van der Waals surface area contributed by atoms with Gasteiger partial charge in [-0.25, -0.2) is 0 Å². The van der Waals surface area contributed by atoms with Crippen molar-refractivity contribution in [1.29, 1.82) is 0 Å². The Bertz CT molecular complexity index is 229. The summed E-state index contributed by atoms with van der Waals surface area (Å²) in [6, 6.07) is 0.501. The van der Waals surface area contributed by atoms with Crippen LogP contribution in [0.4, 0.5) is 0 Å². The molecule has 0 radical (unpaired) electrons. The Hall–Kier alpha value is -0.160. The van der Waals surface area contributed by atoms with Crippen molar-refractivity contribution in [2.75, 3.05) is 32.9 Å². The first kappa shape index (κ1) is 12.3. The highest BCUT2D eigenvalue weighted by molar-refractivity contribution is 4.99. The quantitative estimate of drug-likeness (QED) is 0.768. The van der Waals surface area contributed by atoms with Gasteiger partial charge in [0, 0.05) is 25.7 Å². The monoisotopic (exact) mass is 228 g/mol. The van der Waals surface area contributed by atoms with Crippen LogP contribution in [0.5, 0.6) is 0 Å². The SMILES string of the molecule is CCC1COC(C)CN1C1(CN)CCOC1. The molecule has 0 aromatic rings. The zero-order valence-corrected chi connectivity index (χ0v) is 10.4. The van der Waals surface area contributed by atoms with Crippen LogP contribution in [0, 0.1) is 0 Å². The van der Waals surface area contributed by atoms with Crippen molar-refractivity contribution in [1.82, 2.24) is 4.90 Å². The molecule has 2 saturated heterocycles. The number of hydrogen-bond acceptors (Lipinski definition) is 4. The normalized spacial score (nSPS) is 41.4. The molecule has 4 nitrogen and oxygen atoms in total. The molecule has 3 unspecified atom stereocenters. The highest BCUT2D eigenvalue weighted by atomic mass is 16.5.